The molecule has 0 radical (unpaired) electrons. The van der Waals surface area contributed by atoms with Crippen LogP contribution < -0.4 is 10.5 Å². The molecule has 0 bridgehead atoms. The molecular formula is C11H13ClFNO2. The average molecular weight is 246 g/mol. The highest BCUT2D eigenvalue weighted by Crippen LogP contribution is 2.31. The molecule has 0 aliphatic carbocycles. The molecule has 1 aliphatic heterocycles. The van der Waals surface area contributed by atoms with E-state index in [2.05, 4.69) is 0 Å². The fourth-order valence-electron chi connectivity index (χ4n) is 1.58. The minimum Gasteiger partial charge on any atom is -0.492 e. The highest BCUT2D eigenvalue weighted by Gasteiger charge is 2.18. The van der Waals surface area contributed by atoms with Crippen molar-refractivity contribution in [2.45, 2.75) is 6.42 Å². The van der Waals surface area contributed by atoms with Crippen LogP contribution in [0.1, 0.15) is 6.42 Å². The zero-order chi connectivity index (χ0) is 11.5. The number of benzene rings is 1. The molecule has 0 spiro atoms. The van der Waals surface area contributed by atoms with Gasteiger partial charge in [-0.05, 0) is 18.6 Å². The van der Waals surface area contributed by atoms with Crippen LogP contribution in [0.3, 0.4) is 0 Å². The van der Waals surface area contributed by atoms with E-state index in [0.717, 1.165) is 13.0 Å². The van der Waals surface area contributed by atoms with Gasteiger partial charge in [-0.15, -0.1) is 0 Å². The number of nitrogens with two attached hydrogens (primary N) is 1. The van der Waals surface area contributed by atoms with E-state index in [1.807, 2.05) is 0 Å². The number of anilines is 1. The Morgan fingerprint density at radius 2 is 2.38 bits per heavy atom. The third-order valence-electron chi connectivity index (χ3n) is 2.58. The monoisotopic (exact) mass is 245 g/mol. The summed E-state index contributed by atoms with van der Waals surface area (Å²) in [5.41, 5.74) is 5.40. The van der Waals surface area contributed by atoms with Crippen LogP contribution in [-0.4, -0.2) is 19.8 Å². The Balaban J connectivity index is 2.01. The maximum Gasteiger partial charge on any atom is 0.168 e. The fraction of sp³-hybridized carbons (Fsp3) is 0.455. The Kier molecular flexibility index (Phi) is 3.51. The number of nitrogen functional groups attached to an aromatic ring is 1. The number of hydrogen-bond acceptors (Lipinski definition) is 3. The van der Waals surface area contributed by atoms with Gasteiger partial charge < -0.3 is 15.2 Å². The SMILES string of the molecule is Nc1ccc(OCC2CCOC2)c(Cl)c1F. The number of halogens is 2. The van der Waals surface area contributed by atoms with Gasteiger partial charge in [0, 0.05) is 12.5 Å². The third kappa shape index (κ3) is 2.39. The van der Waals surface area contributed by atoms with Gasteiger partial charge in [0.2, 0.25) is 0 Å². The summed E-state index contributed by atoms with van der Waals surface area (Å²) < 4.78 is 24.0. The van der Waals surface area contributed by atoms with E-state index in [0.29, 0.717) is 24.9 Å². The van der Waals surface area contributed by atoms with Gasteiger partial charge in [-0.25, -0.2) is 4.39 Å². The molecule has 0 saturated carbocycles. The van der Waals surface area contributed by atoms with Crippen molar-refractivity contribution in [2.24, 2.45) is 5.92 Å². The predicted molar refractivity (Wildman–Crippen MR) is 60.2 cm³/mol. The molecule has 1 aromatic rings. The zero-order valence-corrected chi connectivity index (χ0v) is 9.47. The molecule has 1 aromatic carbocycles. The van der Waals surface area contributed by atoms with Gasteiger partial charge in [0.15, 0.2) is 5.82 Å². The molecule has 0 amide bonds. The van der Waals surface area contributed by atoms with Crippen molar-refractivity contribution in [1.29, 1.82) is 0 Å². The average Bonchev–Trinajstić information content (AvgIpc) is 2.78. The van der Waals surface area contributed by atoms with Crippen LogP contribution in [0.15, 0.2) is 12.1 Å². The second-order valence-electron chi connectivity index (χ2n) is 3.82. The van der Waals surface area contributed by atoms with Crippen molar-refractivity contribution >= 4 is 17.3 Å². The van der Waals surface area contributed by atoms with E-state index < -0.39 is 5.82 Å². The minimum atomic E-state index is -0.623. The van der Waals surface area contributed by atoms with Crippen LogP contribution >= 0.6 is 11.6 Å². The van der Waals surface area contributed by atoms with Crippen LogP contribution in [0.5, 0.6) is 5.75 Å². The van der Waals surface area contributed by atoms with E-state index in [-0.39, 0.29) is 10.7 Å². The van der Waals surface area contributed by atoms with Crippen molar-refractivity contribution in [3.8, 4) is 5.75 Å². The van der Waals surface area contributed by atoms with Gasteiger partial charge in [0.25, 0.3) is 0 Å². The quantitative estimate of drug-likeness (QED) is 0.832. The molecular weight excluding hydrogens is 233 g/mol. The highest BCUT2D eigenvalue weighted by molar-refractivity contribution is 6.32. The van der Waals surface area contributed by atoms with Gasteiger partial charge in [0.05, 0.1) is 18.9 Å². The summed E-state index contributed by atoms with van der Waals surface area (Å²) in [6.45, 7) is 1.94. The summed E-state index contributed by atoms with van der Waals surface area (Å²) in [7, 11) is 0. The molecule has 1 saturated heterocycles. The molecule has 0 aromatic heterocycles. The summed E-state index contributed by atoms with van der Waals surface area (Å²) in [6.07, 6.45) is 0.967. The molecule has 1 unspecified atom stereocenters. The zero-order valence-electron chi connectivity index (χ0n) is 8.71. The molecule has 16 heavy (non-hydrogen) atoms. The van der Waals surface area contributed by atoms with E-state index in [1.165, 1.54) is 6.07 Å². The topological polar surface area (TPSA) is 44.5 Å². The Labute approximate surface area is 98.3 Å². The van der Waals surface area contributed by atoms with Crippen molar-refractivity contribution in [2.75, 3.05) is 25.6 Å². The first-order chi connectivity index (χ1) is 7.68. The first kappa shape index (κ1) is 11.5. The fourth-order valence-corrected chi connectivity index (χ4v) is 1.81. The number of rotatable bonds is 3. The number of hydrogen-bond donors (Lipinski definition) is 1. The molecule has 1 atom stereocenters. The first-order valence-corrected chi connectivity index (χ1v) is 5.50. The molecule has 2 N–H and O–H groups in total. The maximum atomic E-state index is 13.3. The largest absolute Gasteiger partial charge is 0.492 e. The third-order valence-corrected chi connectivity index (χ3v) is 2.93. The van der Waals surface area contributed by atoms with E-state index >= 15 is 0 Å². The predicted octanol–water partition coefficient (Wildman–Crippen LogP) is 2.48. The van der Waals surface area contributed by atoms with Gasteiger partial charge in [0.1, 0.15) is 10.8 Å². The molecule has 1 fully saturated rings. The Bertz CT molecular complexity index is 380. The van der Waals surface area contributed by atoms with E-state index in [4.69, 9.17) is 26.8 Å². The Morgan fingerprint density at radius 3 is 3.06 bits per heavy atom. The van der Waals surface area contributed by atoms with E-state index in [1.54, 1.807) is 6.07 Å². The van der Waals surface area contributed by atoms with E-state index in [9.17, 15) is 4.39 Å². The van der Waals surface area contributed by atoms with Crippen LogP contribution in [-0.2, 0) is 4.74 Å². The van der Waals surface area contributed by atoms with Gasteiger partial charge >= 0.3 is 0 Å². The summed E-state index contributed by atoms with van der Waals surface area (Å²) in [4.78, 5) is 0. The van der Waals surface area contributed by atoms with Crippen LogP contribution in [0, 0.1) is 11.7 Å². The van der Waals surface area contributed by atoms with Crippen molar-refractivity contribution < 1.29 is 13.9 Å². The lowest BCUT2D eigenvalue weighted by Crippen LogP contribution is -2.12. The lowest BCUT2D eigenvalue weighted by molar-refractivity contribution is 0.167. The second kappa shape index (κ2) is 4.89. The second-order valence-corrected chi connectivity index (χ2v) is 4.20. The van der Waals surface area contributed by atoms with Crippen molar-refractivity contribution in [3.63, 3.8) is 0 Å². The van der Waals surface area contributed by atoms with Crippen molar-refractivity contribution in [3.05, 3.63) is 23.0 Å². The van der Waals surface area contributed by atoms with Gasteiger partial charge in [-0.1, -0.05) is 11.6 Å². The molecule has 5 heteroatoms. The van der Waals surface area contributed by atoms with Gasteiger partial charge in [-0.3, -0.25) is 0 Å². The van der Waals surface area contributed by atoms with Gasteiger partial charge in [-0.2, -0.15) is 0 Å². The Morgan fingerprint density at radius 1 is 1.56 bits per heavy atom. The lowest BCUT2D eigenvalue weighted by Gasteiger charge is -2.12. The molecule has 1 aliphatic rings. The van der Waals surface area contributed by atoms with Crippen molar-refractivity contribution in [1.82, 2.24) is 0 Å². The standard InChI is InChI=1S/C11H13ClFNO2/c12-10-9(2-1-8(14)11(10)13)16-6-7-3-4-15-5-7/h1-2,7H,3-6,14H2. The summed E-state index contributed by atoms with van der Waals surface area (Å²) in [6, 6.07) is 3.03. The molecule has 1 heterocycles. The lowest BCUT2D eigenvalue weighted by atomic mass is 10.1. The highest BCUT2D eigenvalue weighted by atomic mass is 35.5. The van der Waals surface area contributed by atoms with Crippen LogP contribution in [0.2, 0.25) is 5.02 Å². The summed E-state index contributed by atoms with van der Waals surface area (Å²) in [5, 5.41) is -0.0566. The summed E-state index contributed by atoms with van der Waals surface area (Å²) >= 11 is 5.77. The van der Waals surface area contributed by atoms with Crippen LogP contribution in [0.25, 0.3) is 0 Å². The summed E-state index contributed by atoms with van der Waals surface area (Å²) in [5.74, 6) is 0.0683. The molecule has 3 nitrogen and oxygen atoms in total. The molecule has 88 valence electrons. The smallest absolute Gasteiger partial charge is 0.168 e. The molecule has 2 rings (SSSR count). The number of ether oxygens (including phenoxy) is 2. The first-order valence-electron chi connectivity index (χ1n) is 5.12. The van der Waals surface area contributed by atoms with Crippen LogP contribution in [0.4, 0.5) is 10.1 Å². The minimum absolute atomic E-state index is 0.0292. The maximum absolute atomic E-state index is 13.3. The normalized spacial score (nSPS) is 20.0. The Hall–Kier alpha value is -1.00.